The minimum absolute atomic E-state index is 0.0103. The molecule has 3 aromatic rings. The predicted octanol–water partition coefficient (Wildman–Crippen LogP) is 5.44. The van der Waals surface area contributed by atoms with Crippen molar-refractivity contribution in [3.05, 3.63) is 108 Å². The van der Waals surface area contributed by atoms with Gasteiger partial charge in [0.1, 0.15) is 11.3 Å². The Morgan fingerprint density at radius 2 is 1.12 bits per heavy atom. The Hall–Kier alpha value is -3.03. The molecular weight excluding hydrogens is 425 g/mol. The first-order valence-corrected chi connectivity index (χ1v) is 13.7. The van der Waals surface area contributed by atoms with E-state index in [2.05, 4.69) is 74.5 Å². The number of nitrogens with zero attached hydrogens (tertiary/aromatic N) is 1. The molecule has 3 aliphatic rings. The van der Waals surface area contributed by atoms with Crippen LogP contribution in [0.15, 0.2) is 102 Å². The fourth-order valence-electron chi connectivity index (χ4n) is 6.85. The van der Waals surface area contributed by atoms with Crippen molar-refractivity contribution in [2.24, 2.45) is 11.8 Å². The van der Waals surface area contributed by atoms with Gasteiger partial charge in [-0.25, -0.2) is 4.90 Å². The van der Waals surface area contributed by atoms with Gasteiger partial charge in [-0.05, 0) is 54.8 Å². The molecule has 0 aliphatic carbocycles. The van der Waals surface area contributed by atoms with E-state index in [0.29, 0.717) is 5.69 Å². The topological polar surface area (TPSA) is 37.4 Å². The van der Waals surface area contributed by atoms with Gasteiger partial charge in [-0.15, -0.1) is 0 Å². The van der Waals surface area contributed by atoms with Gasteiger partial charge in [-0.1, -0.05) is 66.7 Å². The number of imide groups is 1. The van der Waals surface area contributed by atoms with Gasteiger partial charge in [-0.3, -0.25) is 9.59 Å². The van der Waals surface area contributed by atoms with Crippen molar-refractivity contribution in [1.82, 2.24) is 0 Å². The number of fused-ring (bicyclic) bond motifs is 5. The lowest BCUT2D eigenvalue weighted by Crippen LogP contribution is -2.37. The average Bonchev–Trinajstić information content (AvgIpc) is 3.37. The maximum absolute atomic E-state index is 13.9. The summed E-state index contributed by atoms with van der Waals surface area (Å²) in [6.45, 7) is 4.42. The first-order chi connectivity index (χ1) is 16.1. The molecule has 0 aromatic heterocycles. The fraction of sp³-hybridized carbons (Fsp3) is 0.241. The number of allylic oxidation sites excluding steroid dienone is 2. The average molecular weight is 453 g/mol. The highest BCUT2D eigenvalue weighted by Gasteiger charge is 2.78. The molecule has 164 valence electrons. The molecule has 3 aromatic carbocycles. The van der Waals surface area contributed by atoms with Gasteiger partial charge < -0.3 is 0 Å². The van der Waals surface area contributed by atoms with Crippen LogP contribution < -0.4 is 10.2 Å². The van der Waals surface area contributed by atoms with E-state index in [1.165, 1.54) is 26.9 Å². The van der Waals surface area contributed by atoms with E-state index < -0.39 is 7.26 Å². The van der Waals surface area contributed by atoms with Crippen LogP contribution in [0.5, 0.6) is 0 Å². The Morgan fingerprint density at radius 1 is 0.667 bits per heavy atom. The number of para-hydroxylation sites is 1. The number of carbonyl (C=O) groups excluding carboxylic acids is 2. The van der Waals surface area contributed by atoms with Gasteiger partial charge >= 0.3 is 0 Å². The SMILES string of the molecule is CC1=C(C)[C@H]2[C@H]3C(=O)N(c4ccccc4)C(=O)[C@H]3[C@@H]1[P+]2(Cc1ccccc1)c1ccccc1. The van der Waals surface area contributed by atoms with Gasteiger partial charge in [0, 0.05) is 0 Å². The highest BCUT2D eigenvalue weighted by molar-refractivity contribution is 7.84. The molecule has 0 spiro atoms. The van der Waals surface area contributed by atoms with Crippen LogP contribution in [0.1, 0.15) is 19.4 Å². The lowest BCUT2D eigenvalue weighted by atomic mass is 9.78. The van der Waals surface area contributed by atoms with E-state index >= 15 is 0 Å². The number of benzene rings is 3. The normalized spacial score (nSPS) is 30.3. The van der Waals surface area contributed by atoms with Crippen LogP contribution in [0, 0.1) is 11.8 Å². The third kappa shape index (κ3) is 2.72. The van der Waals surface area contributed by atoms with E-state index in [1.807, 2.05) is 30.3 Å². The van der Waals surface area contributed by atoms with Crippen LogP contribution >= 0.6 is 7.26 Å². The maximum Gasteiger partial charge on any atom is 0.242 e. The number of hydrogen-bond acceptors (Lipinski definition) is 2. The summed E-state index contributed by atoms with van der Waals surface area (Å²) >= 11 is 0. The molecule has 2 bridgehead atoms. The minimum atomic E-state index is -1.92. The summed E-state index contributed by atoms with van der Waals surface area (Å²) in [5.41, 5.74) is 4.92. The number of carbonyl (C=O) groups is 2. The Balaban J connectivity index is 1.53. The summed E-state index contributed by atoms with van der Waals surface area (Å²) in [5, 5.41) is 1.35. The van der Waals surface area contributed by atoms with Gasteiger partial charge in [0.05, 0.1) is 36.3 Å². The first-order valence-electron chi connectivity index (χ1n) is 11.6. The van der Waals surface area contributed by atoms with Crippen molar-refractivity contribution in [3.63, 3.8) is 0 Å². The summed E-state index contributed by atoms with van der Waals surface area (Å²) in [5.74, 6) is -0.542. The quantitative estimate of drug-likeness (QED) is 0.301. The third-order valence-corrected chi connectivity index (χ3v) is 13.7. The first kappa shape index (κ1) is 20.6. The molecule has 3 nitrogen and oxygen atoms in total. The summed E-state index contributed by atoms with van der Waals surface area (Å²) in [4.78, 5) is 29.3. The smallest absolute Gasteiger partial charge is 0.242 e. The molecule has 4 heteroatoms. The molecule has 3 heterocycles. The van der Waals surface area contributed by atoms with Crippen LogP contribution in [0.25, 0.3) is 0 Å². The molecule has 6 rings (SSSR count). The number of amides is 2. The van der Waals surface area contributed by atoms with Crippen LogP contribution in [0.2, 0.25) is 0 Å². The maximum atomic E-state index is 13.9. The lowest BCUT2D eigenvalue weighted by molar-refractivity contribution is -0.122. The fourth-order valence-corrected chi connectivity index (χ4v) is 13.5. The van der Waals surface area contributed by atoms with E-state index in [1.54, 1.807) is 0 Å². The highest BCUT2D eigenvalue weighted by Crippen LogP contribution is 2.84. The Labute approximate surface area is 195 Å². The molecule has 3 aliphatic heterocycles. The largest absolute Gasteiger partial charge is 0.273 e. The highest BCUT2D eigenvalue weighted by atomic mass is 31.2. The van der Waals surface area contributed by atoms with E-state index in [4.69, 9.17) is 0 Å². The van der Waals surface area contributed by atoms with E-state index in [0.717, 1.165) is 6.16 Å². The molecule has 2 fully saturated rings. The molecule has 1 unspecified atom stereocenters. The van der Waals surface area contributed by atoms with Gasteiger partial charge in [0.2, 0.25) is 11.8 Å². The molecule has 0 saturated carbocycles. The Bertz CT molecular complexity index is 1230. The van der Waals surface area contributed by atoms with Crippen molar-refractivity contribution >= 4 is 30.1 Å². The molecule has 2 saturated heterocycles. The zero-order valence-corrected chi connectivity index (χ0v) is 19.8. The van der Waals surface area contributed by atoms with E-state index in [-0.39, 0.29) is 35.0 Å². The van der Waals surface area contributed by atoms with Crippen molar-refractivity contribution in [3.8, 4) is 0 Å². The zero-order valence-electron chi connectivity index (χ0n) is 18.9. The van der Waals surface area contributed by atoms with Gasteiger partial charge in [0.15, 0.2) is 0 Å². The Morgan fingerprint density at radius 3 is 1.64 bits per heavy atom. The van der Waals surface area contributed by atoms with E-state index in [9.17, 15) is 9.59 Å². The molecule has 2 amide bonds. The monoisotopic (exact) mass is 452 g/mol. The second kappa shape index (κ2) is 7.50. The van der Waals surface area contributed by atoms with Gasteiger partial charge in [0.25, 0.3) is 0 Å². The molecular formula is C29H27NO2P+. The summed E-state index contributed by atoms with van der Waals surface area (Å²) in [7, 11) is -1.92. The van der Waals surface area contributed by atoms with Crippen molar-refractivity contribution < 1.29 is 9.59 Å². The molecule has 33 heavy (non-hydrogen) atoms. The predicted molar refractivity (Wildman–Crippen MR) is 135 cm³/mol. The second-order valence-electron chi connectivity index (χ2n) is 9.56. The van der Waals surface area contributed by atoms with Crippen LogP contribution in [-0.2, 0) is 15.8 Å². The third-order valence-electron chi connectivity index (χ3n) is 8.12. The second-order valence-corrected chi connectivity index (χ2v) is 13.4. The Kier molecular flexibility index (Phi) is 4.67. The number of rotatable bonds is 4. The van der Waals surface area contributed by atoms with Crippen molar-refractivity contribution in [2.45, 2.75) is 31.3 Å². The standard InChI is InChI=1S/C29H27NO2P/c1-19-20(2)27-25-24(28(31)30(29(25)32)22-14-8-4-9-15-22)26(19)33(27,23-16-10-5-11-17-23)18-21-12-6-3-7-13-21/h3-17,24-27H,18H2,1-2H3/q+1/t24-,25+,26-,27+,33?. The zero-order chi connectivity index (χ0) is 22.7. The molecule has 5 atom stereocenters. The van der Waals surface area contributed by atoms with Gasteiger partial charge in [-0.2, -0.15) is 0 Å². The van der Waals surface area contributed by atoms with Crippen LogP contribution in [-0.4, -0.2) is 23.1 Å². The molecule has 0 N–H and O–H groups in total. The summed E-state index contributed by atoms with van der Waals surface area (Å²) in [6, 6.07) is 30.8. The van der Waals surface area contributed by atoms with Crippen LogP contribution in [0.4, 0.5) is 5.69 Å². The number of anilines is 1. The minimum Gasteiger partial charge on any atom is -0.273 e. The van der Waals surface area contributed by atoms with Crippen molar-refractivity contribution in [2.75, 3.05) is 4.90 Å². The summed E-state index contributed by atoms with van der Waals surface area (Å²) in [6.07, 6.45) is 0.931. The molecule has 0 radical (unpaired) electrons. The van der Waals surface area contributed by atoms with Crippen LogP contribution in [0.3, 0.4) is 0 Å². The van der Waals surface area contributed by atoms with Crippen molar-refractivity contribution in [1.29, 1.82) is 0 Å². The number of hydrogen-bond donors (Lipinski definition) is 0. The summed E-state index contributed by atoms with van der Waals surface area (Å²) < 4.78 is 0. The lowest BCUT2D eigenvalue weighted by Gasteiger charge is -2.32.